The van der Waals surface area contributed by atoms with E-state index in [9.17, 15) is 9.59 Å². The van der Waals surface area contributed by atoms with Crippen molar-refractivity contribution in [3.8, 4) is 0 Å². The van der Waals surface area contributed by atoms with E-state index in [-0.39, 0.29) is 12.1 Å². The van der Waals surface area contributed by atoms with Crippen LogP contribution in [-0.4, -0.2) is 40.6 Å². The molecule has 0 heterocycles. The second-order valence-corrected chi connectivity index (χ2v) is 6.09. The highest BCUT2D eigenvalue weighted by Gasteiger charge is 2.36. The van der Waals surface area contributed by atoms with Gasteiger partial charge in [-0.25, -0.2) is 9.59 Å². The smallest absolute Gasteiger partial charge is 0.329 e. The highest BCUT2D eigenvalue weighted by Crippen LogP contribution is 2.23. The molecule has 2 amide bonds. The van der Waals surface area contributed by atoms with E-state index in [2.05, 4.69) is 12.2 Å². The van der Waals surface area contributed by atoms with E-state index >= 15 is 0 Å². The van der Waals surface area contributed by atoms with Crippen molar-refractivity contribution in [1.82, 2.24) is 10.2 Å². The molecule has 0 aliphatic heterocycles. The second-order valence-electron chi connectivity index (χ2n) is 6.09. The fraction of sp³-hybridized carbons (Fsp3) is 0.857. The van der Waals surface area contributed by atoms with E-state index in [1.807, 2.05) is 0 Å². The molecule has 1 aliphatic rings. The zero-order valence-electron chi connectivity index (χ0n) is 12.4. The topological polar surface area (TPSA) is 69.6 Å². The maximum Gasteiger partial charge on any atom is 0.329 e. The summed E-state index contributed by atoms with van der Waals surface area (Å²) in [6, 6.07) is -0.145. The number of nitrogens with zero attached hydrogens (tertiary/aromatic N) is 1. The van der Waals surface area contributed by atoms with Crippen LogP contribution in [-0.2, 0) is 4.79 Å². The number of urea groups is 1. The van der Waals surface area contributed by atoms with Crippen LogP contribution in [0, 0.1) is 5.92 Å². The monoisotopic (exact) mass is 270 g/mol. The number of amides is 2. The van der Waals surface area contributed by atoms with Crippen molar-refractivity contribution in [2.45, 2.75) is 64.5 Å². The van der Waals surface area contributed by atoms with Crippen molar-refractivity contribution < 1.29 is 14.7 Å². The van der Waals surface area contributed by atoms with E-state index in [0.29, 0.717) is 5.92 Å². The lowest BCUT2D eigenvalue weighted by Gasteiger charge is -2.34. The number of hydrogen-bond donors (Lipinski definition) is 2. The largest absolute Gasteiger partial charge is 0.480 e. The molecule has 2 atom stereocenters. The SMILES string of the molecule is CC1CCCCCC1NC(=O)N(C)C(C)(C)C(=O)O. The van der Waals surface area contributed by atoms with Gasteiger partial charge in [-0.3, -0.25) is 0 Å². The lowest BCUT2D eigenvalue weighted by Crippen LogP contribution is -2.56. The third kappa shape index (κ3) is 3.85. The average Bonchev–Trinajstić information content (AvgIpc) is 2.53. The van der Waals surface area contributed by atoms with Gasteiger partial charge in [0, 0.05) is 13.1 Å². The van der Waals surface area contributed by atoms with Gasteiger partial charge in [0.05, 0.1) is 0 Å². The summed E-state index contributed by atoms with van der Waals surface area (Å²) in [6.07, 6.45) is 5.66. The Hall–Kier alpha value is -1.26. The van der Waals surface area contributed by atoms with Gasteiger partial charge in [0.2, 0.25) is 0 Å². The highest BCUT2D eigenvalue weighted by atomic mass is 16.4. The molecule has 0 aromatic rings. The maximum absolute atomic E-state index is 12.2. The van der Waals surface area contributed by atoms with Crippen LogP contribution in [0.3, 0.4) is 0 Å². The maximum atomic E-state index is 12.2. The number of rotatable bonds is 3. The van der Waals surface area contributed by atoms with Crippen molar-refractivity contribution in [1.29, 1.82) is 0 Å². The Kier molecular flexibility index (Phi) is 5.20. The lowest BCUT2D eigenvalue weighted by atomic mass is 9.97. The molecule has 0 spiro atoms. The van der Waals surface area contributed by atoms with Gasteiger partial charge in [-0.05, 0) is 32.6 Å². The summed E-state index contributed by atoms with van der Waals surface area (Å²) < 4.78 is 0. The molecule has 0 saturated heterocycles. The van der Waals surface area contributed by atoms with E-state index in [1.54, 1.807) is 0 Å². The van der Waals surface area contributed by atoms with Gasteiger partial charge >= 0.3 is 12.0 Å². The molecule has 110 valence electrons. The summed E-state index contributed by atoms with van der Waals surface area (Å²) in [5.41, 5.74) is -1.20. The fourth-order valence-corrected chi connectivity index (χ4v) is 2.36. The molecule has 2 unspecified atom stereocenters. The Balaban J connectivity index is 2.65. The van der Waals surface area contributed by atoms with Gasteiger partial charge < -0.3 is 15.3 Å². The normalized spacial score (nSPS) is 24.4. The molecule has 1 saturated carbocycles. The van der Waals surface area contributed by atoms with Crippen molar-refractivity contribution >= 4 is 12.0 Å². The van der Waals surface area contributed by atoms with E-state index in [4.69, 9.17) is 5.11 Å². The predicted molar refractivity (Wildman–Crippen MR) is 74.0 cm³/mol. The summed E-state index contributed by atoms with van der Waals surface area (Å²) >= 11 is 0. The standard InChI is InChI=1S/C14H26N2O3/c1-10-8-6-5-7-9-11(10)15-13(19)16(4)14(2,3)12(17)18/h10-11H,5-9H2,1-4H3,(H,15,19)(H,17,18). The van der Waals surface area contributed by atoms with Gasteiger partial charge in [-0.15, -0.1) is 0 Å². The number of likely N-dealkylation sites (N-methyl/N-ethyl adjacent to an activating group) is 1. The number of carboxylic acid groups (broad SMARTS) is 1. The van der Waals surface area contributed by atoms with Crippen LogP contribution in [0.1, 0.15) is 52.9 Å². The number of nitrogens with one attached hydrogen (secondary N) is 1. The predicted octanol–water partition coefficient (Wildman–Crippen LogP) is 2.46. The Morgan fingerprint density at radius 2 is 1.79 bits per heavy atom. The molecule has 0 aromatic heterocycles. The number of carbonyl (C=O) groups excluding carboxylic acids is 1. The summed E-state index contributed by atoms with van der Waals surface area (Å²) in [7, 11) is 1.53. The van der Waals surface area contributed by atoms with Gasteiger partial charge in [-0.1, -0.05) is 26.2 Å². The minimum atomic E-state index is -1.20. The number of carboxylic acids is 1. The second kappa shape index (κ2) is 6.26. The van der Waals surface area contributed by atoms with Crippen LogP contribution in [0.4, 0.5) is 4.79 Å². The van der Waals surface area contributed by atoms with Gasteiger partial charge in [0.25, 0.3) is 0 Å². The lowest BCUT2D eigenvalue weighted by molar-refractivity contribution is -0.146. The summed E-state index contributed by atoms with van der Waals surface area (Å²) in [5.74, 6) is -0.549. The van der Waals surface area contributed by atoms with E-state index < -0.39 is 11.5 Å². The minimum Gasteiger partial charge on any atom is -0.480 e. The quantitative estimate of drug-likeness (QED) is 0.774. The molecule has 5 nitrogen and oxygen atoms in total. The van der Waals surface area contributed by atoms with Crippen molar-refractivity contribution in [2.24, 2.45) is 5.92 Å². The molecule has 1 aliphatic carbocycles. The minimum absolute atomic E-state index is 0.155. The molecular weight excluding hydrogens is 244 g/mol. The van der Waals surface area contributed by atoms with Crippen molar-refractivity contribution in [3.63, 3.8) is 0 Å². The number of carbonyl (C=O) groups is 2. The summed E-state index contributed by atoms with van der Waals surface area (Å²) in [4.78, 5) is 24.6. The first-order chi connectivity index (χ1) is 8.76. The molecule has 1 fully saturated rings. The van der Waals surface area contributed by atoms with Crippen molar-refractivity contribution in [2.75, 3.05) is 7.05 Å². The van der Waals surface area contributed by atoms with E-state index in [0.717, 1.165) is 19.3 Å². The molecule has 19 heavy (non-hydrogen) atoms. The zero-order chi connectivity index (χ0) is 14.6. The molecular formula is C14H26N2O3. The number of hydrogen-bond acceptors (Lipinski definition) is 2. The van der Waals surface area contributed by atoms with Crippen LogP contribution < -0.4 is 5.32 Å². The highest BCUT2D eigenvalue weighted by molar-refractivity contribution is 5.85. The van der Waals surface area contributed by atoms with E-state index in [1.165, 1.54) is 38.6 Å². The molecule has 0 bridgehead atoms. The first-order valence-electron chi connectivity index (χ1n) is 7.04. The van der Waals surface area contributed by atoms with Gasteiger partial charge in [0.15, 0.2) is 0 Å². The fourth-order valence-electron chi connectivity index (χ4n) is 2.36. The van der Waals surface area contributed by atoms with Crippen molar-refractivity contribution in [3.05, 3.63) is 0 Å². The molecule has 5 heteroatoms. The molecule has 2 N–H and O–H groups in total. The molecule has 0 radical (unpaired) electrons. The van der Waals surface area contributed by atoms with Gasteiger partial charge in [0.1, 0.15) is 5.54 Å². The Labute approximate surface area is 115 Å². The number of aliphatic carboxylic acids is 1. The first-order valence-corrected chi connectivity index (χ1v) is 7.04. The van der Waals surface area contributed by atoms with Crippen LogP contribution in [0.2, 0.25) is 0 Å². The molecule has 1 rings (SSSR count). The third-order valence-corrected chi connectivity index (χ3v) is 4.34. The third-order valence-electron chi connectivity index (χ3n) is 4.34. The summed E-state index contributed by atoms with van der Waals surface area (Å²) in [6.45, 7) is 5.22. The summed E-state index contributed by atoms with van der Waals surface area (Å²) in [5, 5.41) is 12.1. The Morgan fingerprint density at radius 3 is 2.37 bits per heavy atom. The van der Waals surface area contributed by atoms with Gasteiger partial charge in [-0.2, -0.15) is 0 Å². The Bertz CT molecular complexity index is 342. The van der Waals surface area contributed by atoms with Crippen LogP contribution >= 0.6 is 0 Å². The zero-order valence-corrected chi connectivity index (χ0v) is 12.4. The average molecular weight is 270 g/mol. The van der Waals surface area contributed by atoms with Crippen LogP contribution in [0.5, 0.6) is 0 Å². The van der Waals surface area contributed by atoms with Crippen LogP contribution in [0.25, 0.3) is 0 Å². The van der Waals surface area contributed by atoms with Crippen LogP contribution in [0.15, 0.2) is 0 Å². The first kappa shape index (κ1) is 15.8. The molecule has 0 aromatic carbocycles. The Morgan fingerprint density at radius 1 is 1.21 bits per heavy atom.